The van der Waals surface area contributed by atoms with Crippen molar-refractivity contribution in [2.45, 2.75) is 33.2 Å². The van der Waals surface area contributed by atoms with E-state index in [2.05, 4.69) is 17.2 Å². The molecule has 0 aliphatic rings. The number of nitrogens with one attached hydrogen (secondary N) is 1. The molecule has 0 aliphatic heterocycles. The van der Waals surface area contributed by atoms with Crippen molar-refractivity contribution in [2.24, 2.45) is 14.1 Å². The van der Waals surface area contributed by atoms with Gasteiger partial charge < -0.3 is 9.88 Å². The van der Waals surface area contributed by atoms with Gasteiger partial charge in [0.2, 0.25) is 0 Å². The summed E-state index contributed by atoms with van der Waals surface area (Å²) in [7, 11) is 6.89. The van der Waals surface area contributed by atoms with E-state index in [1.54, 1.807) is 7.05 Å². The zero-order chi connectivity index (χ0) is 16.2. The van der Waals surface area contributed by atoms with E-state index in [9.17, 15) is 9.59 Å². The second-order valence-corrected chi connectivity index (χ2v) is 4.91. The van der Waals surface area contributed by atoms with Gasteiger partial charge in [-0.05, 0) is 20.5 Å². The van der Waals surface area contributed by atoms with Crippen molar-refractivity contribution < 1.29 is 0 Å². The first-order valence-electron chi connectivity index (χ1n) is 7.18. The van der Waals surface area contributed by atoms with E-state index < -0.39 is 0 Å². The smallest absolute Gasteiger partial charge is 0.323 e. The molecule has 0 unspecified atom stereocenters. The number of imidazole rings is 1. The Kier molecular flexibility index (Phi) is 5.90. The normalized spacial score (nSPS) is 10.6. The molecule has 2 aromatic heterocycles. The Morgan fingerprint density at radius 3 is 2.14 bits per heavy atom. The van der Waals surface area contributed by atoms with Gasteiger partial charge in [-0.1, -0.05) is 13.8 Å². The third-order valence-electron chi connectivity index (χ3n) is 3.19. The Hall–Kier alpha value is -1.89. The lowest BCUT2D eigenvalue weighted by molar-refractivity contribution is 0.651. The first kappa shape index (κ1) is 17.2. The van der Waals surface area contributed by atoms with Crippen molar-refractivity contribution in [3.05, 3.63) is 26.7 Å². The molecule has 21 heavy (non-hydrogen) atoms. The van der Waals surface area contributed by atoms with Crippen LogP contribution in [0.15, 0.2) is 9.59 Å². The van der Waals surface area contributed by atoms with E-state index in [1.165, 1.54) is 11.6 Å². The van der Waals surface area contributed by atoms with E-state index in [4.69, 9.17) is 0 Å². The van der Waals surface area contributed by atoms with Crippen LogP contribution in [0, 0.1) is 0 Å². The molecule has 7 heteroatoms. The van der Waals surface area contributed by atoms with Crippen molar-refractivity contribution in [2.75, 3.05) is 14.1 Å². The summed E-state index contributed by atoms with van der Waals surface area (Å²) in [5, 5.41) is 2.75. The van der Waals surface area contributed by atoms with E-state index in [1.807, 2.05) is 25.6 Å². The fourth-order valence-corrected chi connectivity index (χ4v) is 2.23. The molecule has 2 aromatic rings. The number of rotatable bonds is 3. The van der Waals surface area contributed by atoms with Gasteiger partial charge in [0, 0.05) is 27.1 Å². The van der Waals surface area contributed by atoms with Crippen molar-refractivity contribution in [3.63, 3.8) is 0 Å². The van der Waals surface area contributed by atoms with Crippen molar-refractivity contribution >= 4 is 11.2 Å². The standard InChI is InChI=1S/C12H18N4O2.C2H7N/c1-5-7-16-8(6-2)13-10-9(16)11(17)15(4)12(18)14(10)3;1-3-2/h5-7H2,1-4H3;3H,1-2H3. The molecule has 0 saturated carbocycles. The van der Waals surface area contributed by atoms with E-state index >= 15 is 0 Å². The third kappa shape index (κ3) is 3.07. The molecule has 118 valence electrons. The lowest BCUT2D eigenvalue weighted by atomic mass is 10.4. The van der Waals surface area contributed by atoms with Crippen LogP contribution in [-0.2, 0) is 27.1 Å². The van der Waals surface area contributed by atoms with Gasteiger partial charge in [-0.3, -0.25) is 13.9 Å². The van der Waals surface area contributed by atoms with Crippen molar-refractivity contribution in [3.8, 4) is 0 Å². The SMILES string of the molecule is CCCn1c(CC)nc2c1c(=O)n(C)c(=O)n2C.CNC. The second-order valence-electron chi connectivity index (χ2n) is 4.91. The summed E-state index contributed by atoms with van der Waals surface area (Å²) in [6.07, 6.45) is 1.66. The average Bonchev–Trinajstić information content (AvgIpc) is 2.83. The number of hydrogen-bond acceptors (Lipinski definition) is 4. The first-order chi connectivity index (χ1) is 9.94. The maximum absolute atomic E-state index is 12.2. The Labute approximate surface area is 124 Å². The molecule has 2 rings (SSSR count). The van der Waals surface area contributed by atoms with Gasteiger partial charge in [0.05, 0.1) is 0 Å². The molecule has 0 aliphatic carbocycles. The number of nitrogens with zero attached hydrogens (tertiary/aromatic N) is 4. The highest BCUT2D eigenvalue weighted by Crippen LogP contribution is 2.12. The number of aromatic nitrogens is 4. The van der Waals surface area contributed by atoms with Crippen LogP contribution in [0.4, 0.5) is 0 Å². The summed E-state index contributed by atoms with van der Waals surface area (Å²) >= 11 is 0. The highest BCUT2D eigenvalue weighted by atomic mass is 16.2. The molecule has 0 fully saturated rings. The highest BCUT2D eigenvalue weighted by Gasteiger charge is 2.17. The Balaban J connectivity index is 0.000000677. The zero-order valence-electron chi connectivity index (χ0n) is 13.7. The average molecular weight is 295 g/mol. The van der Waals surface area contributed by atoms with Gasteiger partial charge in [-0.15, -0.1) is 0 Å². The monoisotopic (exact) mass is 295 g/mol. The zero-order valence-corrected chi connectivity index (χ0v) is 13.7. The molecule has 2 heterocycles. The molecule has 0 radical (unpaired) electrons. The summed E-state index contributed by atoms with van der Waals surface area (Å²) in [4.78, 5) is 28.5. The molecule has 0 spiro atoms. The van der Waals surface area contributed by atoms with Gasteiger partial charge in [-0.25, -0.2) is 9.78 Å². The van der Waals surface area contributed by atoms with Crippen LogP contribution in [0.3, 0.4) is 0 Å². The molecular formula is C14H25N5O2. The number of aryl methyl sites for hydroxylation is 3. The largest absolute Gasteiger partial charge is 0.332 e. The number of hydrogen-bond donors (Lipinski definition) is 1. The fourth-order valence-electron chi connectivity index (χ4n) is 2.23. The highest BCUT2D eigenvalue weighted by molar-refractivity contribution is 5.71. The quantitative estimate of drug-likeness (QED) is 0.880. The van der Waals surface area contributed by atoms with Gasteiger partial charge in [0.15, 0.2) is 11.2 Å². The minimum absolute atomic E-state index is 0.270. The van der Waals surface area contributed by atoms with Crippen molar-refractivity contribution in [1.29, 1.82) is 0 Å². The molecule has 0 saturated heterocycles. The molecule has 0 atom stereocenters. The summed E-state index contributed by atoms with van der Waals surface area (Å²) in [5.41, 5.74) is 0.400. The maximum Gasteiger partial charge on any atom is 0.332 e. The summed E-state index contributed by atoms with van der Waals surface area (Å²) < 4.78 is 4.49. The van der Waals surface area contributed by atoms with E-state index in [0.29, 0.717) is 11.2 Å². The van der Waals surface area contributed by atoms with Crippen molar-refractivity contribution in [1.82, 2.24) is 24.0 Å². The van der Waals surface area contributed by atoms with Gasteiger partial charge in [-0.2, -0.15) is 0 Å². The van der Waals surface area contributed by atoms with E-state index in [-0.39, 0.29) is 11.2 Å². The van der Waals surface area contributed by atoms with Crippen LogP contribution in [-0.4, -0.2) is 32.8 Å². The van der Waals surface area contributed by atoms with Gasteiger partial charge in [0.1, 0.15) is 5.82 Å². The lowest BCUT2D eigenvalue weighted by Gasteiger charge is -2.06. The summed E-state index contributed by atoms with van der Waals surface area (Å²) in [6, 6.07) is 0. The predicted octanol–water partition coefficient (Wildman–Crippen LogP) is 0.242. The molecule has 1 N–H and O–H groups in total. The first-order valence-corrected chi connectivity index (χ1v) is 7.18. The molecular weight excluding hydrogens is 270 g/mol. The van der Waals surface area contributed by atoms with Gasteiger partial charge in [0.25, 0.3) is 5.56 Å². The number of fused-ring (bicyclic) bond motifs is 1. The maximum atomic E-state index is 12.2. The summed E-state index contributed by atoms with van der Waals surface area (Å²) in [6.45, 7) is 4.79. The third-order valence-corrected chi connectivity index (χ3v) is 3.19. The topological polar surface area (TPSA) is 73.8 Å². The molecule has 0 bridgehead atoms. The van der Waals surface area contributed by atoms with Crippen LogP contribution in [0.25, 0.3) is 11.2 Å². The Bertz CT molecular complexity index is 724. The Morgan fingerprint density at radius 2 is 1.67 bits per heavy atom. The van der Waals surface area contributed by atoms with Crippen LogP contribution < -0.4 is 16.6 Å². The van der Waals surface area contributed by atoms with Gasteiger partial charge >= 0.3 is 5.69 Å². The minimum atomic E-state index is -0.337. The predicted molar refractivity (Wildman–Crippen MR) is 84.9 cm³/mol. The van der Waals surface area contributed by atoms with Crippen LogP contribution in [0.1, 0.15) is 26.1 Å². The molecule has 7 nitrogen and oxygen atoms in total. The summed E-state index contributed by atoms with van der Waals surface area (Å²) in [5.74, 6) is 0.852. The molecule has 0 aromatic carbocycles. The lowest BCUT2D eigenvalue weighted by Crippen LogP contribution is -2.37. The minimum Gasteiger partial charge on any atom is -0.323 e. The van der Waals surface area contributed by atoms with Crippen LogP contribution >= 0.6 is 0 Å². The molecule has 0 amide bonds. The second kappa shape index (κ2) is 7.21. The van der Waals surface area contributed by atoms with Crippen LogP contribution in [0.5, 0.6) is 0 Å². The van der Waals surface area contributed by atoms with Crippen LogP contribution in [0.2, 0.25) is 0 Å². The Morgan fingerprint density at radius 1 is 1.10 bits per heavy atom. The van der Waals surface area contributed by atoms with E-state index in [0.717, 1.165) is 29.8 Å². The fraction of sp³-hybridized carbons (Fsp3) is 0.643.